The molecule has 100 valence electrons. The number of rotatable bonds is 6. The Morgan fingerprint density at radius 3 is 2.63 bits per heavy atom. The lowest BCUT2D eigenvalue weighted by Gasteiger charge is -2.12. The van der Waals surface area contributed by atoms with Gasteiger partial charge in [0.1, 0.15) is 6.07 Å². The zero-order chi connectivity index (χ0) is 14.3. The second-order valence-corrected chi connectivity index (χ2v) is 3.65. The molecule has 1 rings (SSSR count). The molecule has 0 aliphatic carbocycles. The minimum Gasteiger partial charge on any atom is -0.493 e. The van der Waals surface area contributed by atoms with Crippen LogP contribution in [0.15, 0.2) is 30.9 Å². The summed E-state index contributed by atoms with van der Waals surface area (Å²) < 4.78 is 15.2. The first-order chi connectivity index (χ1) is 9.14. The van der Waals surface area contributed by atoms with Gasteiger partial charge in [0.15, 0.2) is 17.6 Å². The van der Waals surface area contributed by atoms with Crippen molar-refractivity contribution < 1.29 is 19.0 Å². The molecule has 0 fully saturated rings. The summed E-state index contributed by atoms with van der Waals surface area (Å²) in [6.07, 6.45) is 0.443. The molecule has 0 aromatic heterocycles. The standard InChI is InChI=1S/C14H15NO4/c1-4-14(16)19-11(9-15)7-10-5-6-12(17-2)13(8-10)18-3/h4-6,8,11H,1,7H2,2-3H3. The van der Waals surface area contributed by atoms with Crippen molar-refractivity contribution in [3.63, 3.8) is 0 Å². The highest BCUT2D eigenvalue weighted by Crippen LogP contribution is 2.28. The van der Waals surface area contributed by atoms with Crippen molar-refractivity contribution in [1.29, 1.82) is 5.26 Å². The van der Waals surface area contributed by atoms with Gasteiger partial charge in [-0.15, -0.1) is 0 Å². The predicted molar refractivity (Wildman–Crippen MR) is 68.9 cm³/mol. The zero-order valence-corrected chi connectivity index (χ0v) is 10.9. The van der Waals surface area contributed by atoms with Gasteiger partial charge < -0.3 is 14.2 Å². The highest BCUT2D eigenvalue weighted by atomic mass is 16.5. The summed E-state index contributed by atoms with van der Waals surface area (Å²) in [5.74, 6) is 0.543. The van der Waals surface area contributed by atoms with E-state index < -0.39 is 12.1 Å². The van der Waals surface area contributed by atoms with E-state index in [1.165, 1.54) is 7.11 Å². The van der Waals surface area contributed by atoms with Crippen molar-refractivity contribution in [3.05, 3.63) is 36.4 Å². The van der Waals surface area contributed by atoms with Crippen molar-refractivity contribution >= 4 is 5.97 Å². The zero-order valence-electron chi connectivity index (χ0n) is 10.9. The number of ether oxygens (including phenoxy) is 3. The Morgan fingerprint density at radius 2 is 2.11 bits per heavy atom. The quantitative estimate of drug-likeness (QED) is 0.577. The third-order valence-corrected chi connectivity index (χ3v) is 2.44. The molecule has 0 spiro atoms. The van der Waals surface area contributed by atoms with Crippen LogP contribution in [0.5, 0.6) is 11.5 Å². The molecule has 19 heavy (non-hydrogen) atoms. The first-order valence-corrected chi connectivity index (χ1v) is 5.58. The minimum absolute atomic E-state index is 0.274. The molecule has 0 radical (unpaired) electrons. The number of benzene rings is 1. The van der Waals surface area contributed by atoms with Crippen LogP contribution >= 0.6 is 0 Å². The normalized spacial score (nSPS) is 11.0. The van der Waals surface area contributed by atoms with Crippen LogP contribution < -0.4 is 9.47 Å². The molecular formula is C14H15NO4. The molecule has 1 aromatic rings. The van der Waals surface area contributed by atoms with Crippen LogP contribution in [-0.4, -0.2) is 26.3 Å². The van der Waals surface area contributed by atoms with E-state index in [-0.39, 0.29) is 6.42 Å². The number of hydrogen-bond acceptors (Lipinski definition) is 5. The highest BCUT2D eigenvalue weighted by Gasteiger charge is 2.14. The van der Waals surface area contributed by atoms with Gasteiger partial charge >= 0.3 is 5.97 Å². The van der Waals surface area contributed by atoms with Gasteiger partial charge in [0, 0.05) is 12.5 Å². The average molecular weight is 261 g/mol. The lowest BCUT2D eigenvalue weighted by Crippen LogP contribution is -2.17. The first-order valence-electron chi connectivity index (χ1n) is 5.58. The van der Waals surface area contributed by atoms with Crippen LogP contribution in [-0.2, 0) is 16.0 Å². The van der Waals surface area contributed by atoms with E-state index >= 15 is 0 Å². The Morgan fingerprint density at radius 1 is 1.42 bits per heavy atom. The molecule has 0 N–H and O–H groups in total. The summed E-state index contributed by atoms with van der Waals surface area (Å²) in [6, 6.07) is 7.18. The number of nitrogens with zero attached hydrogens (tertiary/aromatic N) is 1. The highest BCUT2D eigenvalue weighted by molar-refractivity contribution is 5.81. The van der Waals surface area contributed by atoms with Crippen molar-refractivity contribution in [3.8, 4) is 17.6 Å². The topological polar surface area (TPSA) is 68.6 Å². The van der Waals surface area contributed by atoms with Crippen LogP contribution in [0, 0.1) is 11.3 Å². The van der Waals surface area contributed by atoms with E-state index in [0.717, 1.165) is 11.6 Å². The maximum absolute atomic E-state index is 11.1. The van der Waals surface area contributed by atoms with Gasteiger partial charge in [-0.05, 0) is 17.7 Å². The van der Waals surface area contributed by atoms with Crippen LogP contribution in [0.25, 0.3) is 0 Å². The fraction of sp³-hybridized carbons (Fsp3) is 0.286. The Bertz CT molecular complexity index is 505. The van der Waals surface area contributed by atoms with Crippen LogP contribution in [0.4, 0.5) is 0 Å². The van der Waals surface area contributed by atoms with Crippen LogP contribution in [0.2, 0.25) is 0 Å². The van der Waals surface area contributed by atoms with Gasteiger partial charge in [-0.3, -0.25) is 0 Å². The van der Waals surface area contributed by atoms with Gasteiger partial charge in [0.25, 0.3) is 0 Å². The van der Waals surface area contributed by atoms with E-state index in [1.807, 2.05) is 6.07 Å². The van der Waals surface area contributed by atoms with Crippen molar-refractivity contribution in [2.75, 3.05) is 14.2 Å². The second-order valence-electron chi connectivity index (χ2n) is 3.65. The summed E-state index contributed by atoms with van der Waals surface area (Å²) in [5.41, 5.74) is 0.807. The predicted octanol–water partition coefficient (Wildman–Crippen LogP) is 1.87. The Hall–Kier alpha value is -2.48. The van der Waals surface area contributed by atoms with Gasteiger partial charge in [0.2, 0.25) is 0 Å². The molecule has 0 heterocycles. The third-order valence-electron chi connectivity index (χ3n) is 2.44. The summed E-state index contributed by atoms with van der Waals surface area (Å²) in [7, 11) is 3.07. The molecule has 0 saturated heterocycles. The van der Waals surface area contributed by atoms with Gasteiger partial charge in [-0.1, -0.05) is 12.6 Å². The smallest absolute Gasteiger partial charge is 0.331 e. The van der Waals surface area contributed by atoms with Gasteiger partial charge in [-0.2, -0.15) is 5.26 Å². The number of esters is 1. The molecule has 0 amide bonds. The summed E-state index contributed by atoms with van der Waals surface area (Å²) in [5, 5.41) is 8.94. The Labute approximate surface area is 112 Å². The van der Waals surface area contributed by atoms with E-state index in [1.54, 1.807) is 25.3 Å². The van der Waals surface area contributed by atoms with E-state index in [4.69, 9.17) is 19.5 Å². The molecule has 5 heteroatoms. The molecule has 1 unspecified atom stereocenters. The maximum Gasteiger partial charge on any atom is 0.331 e. The Balaban J connectivity index is 2.83. The minimum atomic E-state index is -0.858. The fourth-order valence-corrected chi connectivity index (χ4v) is 1.52. The molecule has 5 nitrogen and oxygen atoms in total. The van der Waals surface area contributed by atoms with Gasteiger partial charge in [0.05, 0.1) is 14.2 Å². The van der Waals surface area contributed by atoms with E-state index in [2.05, 4.69) is 6.58 Å². The maximum atomic E-state index is 11.1. The molecule has 1 aromatic carbocycles. The molecule has 0 aliphatic heterocycles. The summed E-state index contributed by atoms with van der Waals surface area (Å²) >= 11 is 0. The van der Waals surface area contributed by atoms with Crippen molar-refractivity contribution in [2.24, 2.45) is 0 Å². The molecule has 1 atom stereocenters. The lowest BCUT2D eigenvalue weighted by molar-refractivity contribution is -0.140. The number of carbonyl (C=O) groups excluding carboxylic acids is 1. The summed E-state index contributed by atoms with van der Waals surface area (Å²) in [6.45, 7) is 3.28. The van der Waals surface area contributed by atoms with Crippen molar-refractivity contribution in [2.45, 2.75) is 12.5 Å². The van der Waals surface area contributed by atoms with E-state index in [0.29, 0.717) is 11.5 Å². The monoisotopic (exact) mass is 261 g/mol. The number of methoxy groups -OCH3 is 2. The Kier molecular flexibility index (Phi) is 5.42. The van der Waals surface area contributed by atoms with E-state index in [9.17, 15) is 4.79 Å². The van der Waals surface area contributed by atoms with Crippen LogP contribution in [0.3, 0.4) is 0 Å². The molecule has 0 aliphatic rings. The number of hydrogen-bond donors (Lipinski definition) is 0. The van der Waals surface area contributed by atoms with Crippen molar-refractivity contribution in [1.82, 2.24) is 0 Å². The van der Waals surface area contributed by atoms with Crippen LogP contribution in [0.1, 0.15) is 5.56 Å². The summed E-state index contributed by atoms with van der Waals surface area (Å²) in [4.78, 5) is 11.1. The molecular weight excluding hydrogens is 246 g/mol. The second kappa shape index (κ2) is 7.07. The average Bonchev–Trinajstić information content (AvgIpc) is 2.45. The SMILES string of the molecule is C=CC(=O)OC(C#N)Cc1ccc(OC)c(OC)c1. The van der Waals surface area contributed by atoms with Gasteiger partial charge in [-0.25, -0.2) is 4.79 Å². The fourth-order valence-electron chi connectivity index (χ4n) is 1.52. The third kappa shape index (κ3) is 4.03. The molecule has 0 saturated carbocycles. The first kappa shape index (κ1) is 14.6. The molecule has 0 bridgehead atoms. The lowest BCUT2D eigenvalue weighted by atomic mass is 10.1. The number of nitriles is 1. The number of carbonyl (C=O) groups is 1. The largest absolute Gasteiger partial charge is 0.493 e.